The Kier molecular flexibility index (Phi) is 8.80. The van der Waals surface area contributed by atoms with Crippen LogP contribution in [0.5, 0.6) is 0 Å². The van der Waals surface area contributed by atoms with Crippen molar-refractivity contribution in [2.24, 2.45) is 11.1 Å². The lowest BCUT2D eigenvalue weighted by atomic mass is 9.91. The first-order chi connectivity index (χ1) is 17.1. The molecule has 0 bridgehead atoms. The normalized spacial score (nSPS) is 15.1. The number of anilines is 4. The zero-order valence-corrected chi connectivity index (χ0v) is 21.5. The number of carbonyl (C=O) groups is 4. The van der Waals surface area contributed by atoms with Crippen LogP contribution < -0.4 is 27.0 Å². The standard InChI is InChI=1S/C23H28BrN7O5/c1-23(2,20(25)34)21(35)27-10-4-9-26-18-15(24)12-28-22(31-18)30-14-6-3-5-13(11-14)29-19(33)16-7-8-17(32)36-16/h3,5-6,11-12,16H,4,7-10H2,1-2H3,(H2,25,34)(H,27,35)(H,29,33)(H2,26,28,30,31). The van der Waals surface area contributed by atoms with Crippen molar-refractivity contribution in [2.45, 2.75) is 39.2 Å². The van der Waals surface area contributed by atoms with Gasteiger partial charge in [-0.15, -0.1) is 0 Å². The molecule has 13 heteroatoms. The molecule has 0 spiro atoms. The van der Waals surface area contributed by atoms with Gasteiger partial charge in [-0.3, -0.25) is 19.2 Å². The zero-order chi connectivity index (χ0) is 26.3. The number of nitrogens with one attached hydrogen (secondary N) is 4. The van der Waals surface area contributed by atoms with Crippen molar-refractivity contribution in [3.63, 3.8) is 0 Å². The molecule has 1 aliphatic heterocycles. The first-order valence-electron chi connectivity index (χ1n) is 11.3. The molecule has 3 rings (SSSR count). The lowest BCUT2D eigenvalue weighted by Gasteiger charge is -2.19. The van der Waals surface area contributed by atoms with E-state index in [0.29, 0.717) is 53.5 Å². The molecule has 36 heavy (non-hydrogen) atoms. The first-order valence-corrected chi connectivity index (χ1v) is 12.1. The summed E-state index contributed by atoms with van der Waals surface area (Å²) in [6.07, 6.45) is 2.00. The van der Waals surface area contributed by atoms with E-state index in [9.17, 15) is 19.2 Å². The van der Waals surface area contributed by atoms with Crippen LogP contribution in [0.1, 0.15) is 33.1 Å². The van der Waals surface area contributed by atoms with Crippen LogP contribution in [0.4, 0.5) is 23.1 Å². The van der Waals surface area contributed by atoms with Crippen LogP contribution in [0.15, 0.2) is 34.9 Å². The average Bonchev–Trinajstić information content (AvgIpc) is 3.27. The van der Waals surface area contributed by atoms with Gasteiger partial charge >= 0.3 is 5.97 Å². The molecular formula is C23H28BrN7O5. The minimum absolute atomic E-state index is 0.235. The summed E-state index contributed by atoms with van der Waals surface area (Å²) < 4.78 is 5.64. The molecule has 0 aliphatic carbocycles. The van der Waals surface area contributed by atoms with E-state index in [0.717, 1.165) is 0 Å². The van der Waals surface area contributed by atoms with E-state index in [-0.39, 0.29) is 18.3 Å². The summed E-state index contributed by atoms with van der Waals surface area (Å²) in [5.41, 5.74) is 5.16. The number of hydrogen-bond donors (Lipinski definition) is 5. The minimum Gasteiger partial charge on any atom is -0.452 e. The van der Waals surface area contributed by atoms with Crippen LogP contribution in [0, 0.1) is 5.41 Å². The Balaban J connectivity index is 1.52. The van der Waals surface area contributed by atoms with Gasteiger partial charge in [0.1, 0.15) is 11.2 Å². The Morgan fingerprint density at radius 1 is 1.22 bits per heavy atom. The second kappa shape index (κ2) is 11.8. The Hall–Kier alpha value is -3.74. The maximum absolute atomic E-state index is 12.3. The molecule has 1 unspecified atom stereocenters. The third kappa shape index (κ3) is 7.13. The zero-order valence-electron chi connectivity index (χ0n) is 19.9. The third-order valence-corrected chi connectivity index (χ3v) is 6.00. The van der Waals surface area contributed by atoms with Gasteiger partial charge in [-0.05, 0) is 54.4 Å². The van der Waals surface area contributed by atoms with Gasteiger partial charge in [0.2, 0.25) is 17.8 Å². The number of cyclic esters (lactones) is 1. The molecule has 1 fully saturated rings. The Morgan fingerprint density at radius 2 is 1.97 bits per heavy atom. The van der Waals surface area contributed by atoms with Crippen molar-refractivity contribution in [1.82, 2.24) is 15.3 Å². The molecule has 1 atom stereocenters. The summed E-state index contributed by atoms with van der Waals surface area (Å²) in [5, 5.41) is 11.7. The largest absolute Gasteiger partial charge is 0.452 e. The fourth-order valence-electron chi connectivity index (χ4n) is 3.12. The molecule has 1 aromatic carbocycles. The van der Waals surface area contributed by atoms with Crippen LogP contribution >= 0.6 is 15.9 Å². The number of esters is 1. The van der Waals surface area contributed by atoms with Crippen LogP contribution in [0.2, 0.25) is 0 Å². The number of amides is 3. The van der Waals surface area contributed by atoms with Crippen molar-refractivity contribution >= 4 is 62.8 Å². The molecule has 1 saturated heterocycles. The Labute approximate surface area is 216 Å². The summed E-state index contributed by atoms with van der Waals surface area (Å²) in [7, 11) is 0. The molecule has 3 amide bonds. The number of halogens is 1. The van der Waals surface area contributed by atoms with Gasteiger partial charge in [-0.1, -0.05) is 6.07 Å². The van der Waals surface area contributed by atoms with Crippen molar-refractivity contribution < 1.29 is 23.9 Å². The summed E-state index contributed by atoms with van der Waals surface area (Å²) in [4.78, 5) is 55.6. The van der Waals surface area contributed by atoms with Gasteiger partial charge in [0, 0.05) is 43.5 Å². The maximum Gasteiger partial charge on any atom is 0.306 e. The van der Waals surface area contributed by atoms with E-state index >= 15 is 0 Å². The summed E-state index contributed by atoms with van der Waals surface area (Å²) in [5.74, 6) is -0.991. The molecular weight excluding hydrogens is 534 g/mol. The number of ether oxygens (including phenoxy) is 1. The molecule has 2 aromatic rings. The first kappa shape index (κ1) is 26.9. The third-order valence-electron chi connectivity index (χ3n) is 5.42. The second-order valence-electron chi connectivity index (χ2n) is 8.63. The smallest absolute Gasteiger partial charge is 0.306 e. The maximum atomic E-state index is 12.3. The topological polar surface area (TPSA) is 177 Å². The number of rotatable bonds is 11. The molecule has 192 valence electrons. The highest BCUT2D eigenvalue weighted by molar-refractivity contribution is 9.10. The quantitative estimate of drug-likeness (QED) is 0.156. The SMILES string of the molecule is CC(C)(C(N)=O)C(=O)NCCCNc1nc(Nc2cccc(NC(=O)C3CCC(=O)O3)c2)ncc1Br. The predicted octanol–water partition coefficient (Wildman–Crippen LogP) is 2.06. The van der Waals surface area contributed by atoms with Crippen LogP contribution in [-0.2, 0) is 23.9 Å². The second-order valence-corrected chi connectivity index (χ2v) is 9.48. The molecule has 0 saturated carbocycles. The van der Waals surface area contributed by atoms with Gasteiger partial charge in [0.15, 0.2) is 6.10 Å². The minimum atomic E-state index is -1.27. The molecule has 12 nitrogen and oxygen atoms in total. The number of hydrogen-bond acceptors (Lipinski definition) is 9. The Bertz CT molecular complexity index is 1160. The van der Waals surface area contributed by atoms with Crippen molar-refractivity contribution in [3.8, 4) is 0 Å². The van der Waals surface area contributed by atoms with E-state index in [1.807, 2.05) is 0 Å². The molecule has 0 radical (unpaired) electrons. The van der Waals surface area contributed by atoms with E-state index in [1.54, 1.807) is 30.5 Å². The van der Waals surface area contributed by atoms with Crippen molar-refractivity contribution in [1.29, 1.82) is 0 Å². The van der Waals surface area contributed by atoms with Crippen molar-refractivity contribution in [2.75, 3.05) is 29.0 Å². The highest BCUT2D eigenvalue weighted by Crippen LogP contribution is 2.24. The van der Waals surface area contributed by atoms with Gasteiger partial charge in [0.05, 0.1) is 4.47 Å². The number of nitrogens with two attached hydrogens (primary N) is 1. The van der Waals surface area contributed by atoms with E-state index in [4.69, 9.17) is 10.5 Å². The van der Waals surface area contributed by atoms with Gasteiger partial charge in [0.25, 0.3) is 5.91 Å². The number of benzene rings is 1. The van der Waals surface area contributed by atoms with Crippen LogP contribution in [0.25, 0.3) is 0 Å². The monoisotopic (exact) mass is 561 g/mol. The lowest BCUT2D eigenvalue weighted by Crippen LogP contribution is -2.46. The number of primary amides is 1. The lowest BCUT2D eigenvalue weighted by molar-refractivity contribution is -0.146. The molecule has 1 aromatic heterocycles. The van der Waals surface area contributed by atoms with Crippen LogP contribution in [-0.4, -0.2) is 52.9 Å². The Morgan fingerprint density at radius 3 is 2.67 bits per heavy atom. The molecule has 2 heterocycles. The predicted molar refractivity (Wildman–Crippen MR) is 136 cm³/mol. The van der Waals surface area contributed by atoms with Crippen molar-refractivity contribution in [3.05, 3.63) is 34.9 Å². The highest BCUT2D eigenvalue weighted by atomic mass is 79.9. The molecule has 1 aliphatic rings. The molecule has 6 N–H and O–H groups in total. The highest BCUT2D eigenvalue weighted by Gasteiger charge is 2.33. The van der Waals surface area contributed by atoms with Gasteiger partial charge in [-0.2, -0.15) is 4.98 Å². The number of aromatic nitrogens is 2. The summed E-state index contributed by atoms with van der Waals surface area (Å²) in [6, 6.07) is 6.98. The summed E-state index contributed by atoms with van der Waals surface area (Å²) in [6.45, 7) is 3.81. The fraction of sp³-hybridized carbons (Fsp3) is 0.391. The van der Waals surface area contributed by atoms with E-state index < -0.39 is 23.3 Å². The summed E-state index contributed by atoms with van der Waals surface area (Å²) >= 11 is 3.41. The van der Waals surface area contributed by atoms with Gasteiger partial charge in [-0.25, -0.2) is 4.98 Å². The average molecular weight is 562 g/mol. The van der Waals surface area contributed by atoms with E-state index in [2.05, 4.69) is 47.2 Å². The van der Waals surface area contributed by atoms with Gasteiger partial charge < -0.3 is 31.7 Å². The fourth-order valence-corrected chi connectivity index (χ4v) is 3.45. The number of carbonyl (C=O) groups excluding carboxylic acids is 4. The van der Waals surface area contributed by atoms with Crippen LogP contribution in [0.3, 0.4) is 0 Å². The number of nitrogens with zero attached hydrogens (tertiary/aromatic N) is 2. The van der Waals surface area contributed by atoms with E-state index in [1.165, 1.54) is 13.8 Å².